The minimum absolute atomic E-state index is 0.0285. The van der Waals surface area contributed by atoms with Crippen molar-refractivity contribution in [3.63, 3.8) is 0 Å². The number of hydrogen-bond acceptors (Lipinski definition) is 3. The van der Waals surface area contributed by atoms with Gasteiger partial charge in [0.2, 0.25) is 0 Å². The molecule has 1 heterocycles. The number of rotatable bonds is 2. The first-order valence-electron chi connectivity index (χ1n) is 4.06. The van der Waals surface area contributed by atoms with E-state index in [-0.39, 0.29) is 11.1 Å². The molecule has 4 nitrogen and oxygen atoms in total. The molecule has 13 heavy (non-hydrogen) atoms. The smallest absolute Gasteiger partial charge is 0.357 e. The normalized spacial score (nSPS) is 11.6. The molecule has 1 aromatic heterocycles. The van der Waals surface area contributed by atoms with E-state index in [1.165, 1.54) is 6.26 Å². The van der Waals surface area contributed by atoms with Gasteiger partial charge in [-0.25, -0.2) is 9.78 Å². The molecule has 0 spiro atoms. The molecule has 0 aliphatic rings. The summed E-state index contributed by atoms with van der Waals surface area (Å²) >= 11 is 0. The van der Waals surface area contributed by atoms with E-state index >= 15 is 0 Å². The van der Waals surface area contributed by atoms with Gasteiger partial charge in [0.05, 0.1) is 0 Å². The van der Waals surface area contributed by atoms with E-state index in [4.69, 9.17) is 9.52 Å². The first-order valence-corrected chi connectivity index (χ1v) is 4.06. The standard InChI is InChI=1S/C9H13NO3/c1-9(2,3)4-7-10-6(5-13-7)8(11)12/h5H,4H2,1-3H3,(H,11,12). The van der Waals surface area contributed by atoms with Crippen LogP contribution in [-0.4, -0.2) is 16.1 Å². The van der Waals surface area contributed by atoms with E-state index < -0.39 is 5.97 Å². The van der Waals surface area contributed by atoms with Crippen LogP contribution in [0, 0.1) is 5.41 Å². The van der Waals surface area contributed by atoms with Crippen LogP contribution in [0.1, 0.15) is 37.2 Å². The SMILES string of the molecule is CC(C)(C)Cc1nc(C(=O)O)co1. The number of hydrogen-bond donors (Lipinski definition) is 1. The van der Waals surface area contributed by atoms with Gasteiger partial charge in [0.25, 0.3) is 0 Å². The van der Waals surface area contributed by atoms with Gasteiger partial charge in [-0.05, 0) is 5.41 Å². The predicted molar refractivity (Wildman–Crippen MR) is 46.6 cm³/mol. The maximum Gasteiger partial charge on any atom is 0.357 e. The van der Waals surface area contributed by atoms with Crippen molar-refractivity contribution in [2.45, 2.75) is 27.2 Å². The van der Waals surface area contributed by atoms with Crippen molar-refractivity contribution in [2.24, 2.45) is 5.41 Å². The largest absolute Gasteiger partial charge is 0.476 e. The molecule has 0 saturated heterocycles. The molecule has 0 fully saturated rings. The third-order valence-electron chi connectivity index (χ3n) is 1.45. The lowest BCUT2D eigenvalue weighted by molar-refractivity contribution is 0.0690. The first-order chi connectivity index (χ1) is 5.88. The Morgan fingerprint density at radius 3 is 2.62 bits per heavy atom. The lowest BCUT2D eigenvalue weighted by Gasteiger charge is -2.14. The predicted octanol–water partition coefficient (Wildman–Crippen LogP) is 1.96. The van der Waals surface area contributed by atoms with Crippen molar-refractivity contribution in [3.8, 4) is 0 Å². The number of nitrogens with zero attached hydrogens (tertiary/aromatic N) is 1. The number of aromatic nitrogens is 1. The lowest BCUT2D eigenvalue weighted by Crippen LogP contribution is -2.09. The Kier molecular flexibility index (Phi) is 2.40. The van der Waals surface area contributed by atoms with Gasteiger partial charge in [-0.3, -0.25) is 0 Å². The number of oxazole rings is 1. The minimum Gasteiger partial charge on any atom is -0.476 e. The van der Waals surface area contributed by atoms with Gasteiger partial charge in [0.15, 0.2) is 11.6 Å². The summed E-state index contributed by atoms with van der Waals surface area (Å²) in [5.41, 5.74) is 0.0277. The van der Waals surface area contributed by atoms with Crippen molar-refractivity contribution >= 4 is 5.97 Å². The van der Waals surface area contributed by atoms with Gasteiger partial charge in [0.1, 0.15) is 6.26 Å². The van der Waals surface area contributed by atoms with Crippen LogP contribution in [0.15, 0.2) is 10.7 Å². The quantitative estimate of drug-likeness (QED) is 0.761. The highest BCUT2D eigenvalue weighted by Gasteiger charge is 2.17. The maximum absolute atomic E-state index is 10.5. The molecule has 0 aromatic carbocycles. The Morgan fingerprint density at radius 1 is 1.62 bits per heavy atom. The molecule has 0 aliphatic heterocycles. The highest BCUT2D eigenvalue weighted by Crippen LogP contribution is 2.19. The second-order valence-electron chi connectivity index (χ2n) is 4.17. The molecule has 1 aromatic rings. The minimum atomic E-state index is -1.05. The highest BCUT2D eigenvalue weighted by molar-refractivity contribution is 5.84. The Hall–Kier alpha value is -1.32. The summed E-state index contributed by atoms with van der Waals surface area (Å²) in [6, 6.07) is 0. The summed E-state index contributed by atoms with van der Waals surface area (Å²) in [4.78, 5) is 14.3. The first kappa shape index (κ1) is 9.77. The molecule has 72 valence electrons. The average Bonchev–Trinajstić information content (AvgIpc) is 2.31. The number of carboxylic acid groups (broad SMARTS) is 1. The van der Waals surface area contributed by atoms with Crippen LogP contribution in [0.5, 0.6) is 0 Å². The van der Waals surface area contributed by atoms with Crippen LogP contribution in [0.3, 0.4) is 0 Å². The molecular formula is C9H13NO3. The molecule has 0 unspecified atom stereocenters. The van der Waals surface area contributed by atoms with E-state index in [1.54, 1.807) is 0 Å². The molecular weight excluding hydrogens is 170 g/mol. The molecule has 1 rings (SSSR count). The van der Waals surface area contributed by atoms with Crippen molar-refractivity contribution < 1.29 is 14.3 Å². The molecule has 0 amide bonds. The van der Waals surface area contributed by atoms with Crippen molar-refractivity contribution in [1.29, 1.82) is 0 Å². The van der Waals surface area contributed by atoms with Gasteiger partial charge in [-0.1, -0.05) is 20.8 Å². The Labute approximate surface area is 76.6 Å². The monoisotopic (exact) mass is 183 g/mol. The molecule has 4 heteroatoms. The van der Waals surface area contributed by atoms with Crippen LogP contribution >= 0.6 is 0 Å². The van der Waals surface area contributed by atoms with Crippen molar-refractivity contribution in [2.75, 3.05) is 0 Å². The van der Waals surface area contributed by atoms with Crippen LogP contribution < -0.4 is 0 Å². The van der Waals surface area contributed by atoms with Gasteiger partial charge in [-0.2, -0.15) is 0 Å². The van der Waals surface area contributed by atoms with Gasteiger partial charge < -0.3 is 9.52 Å². The average molecular weight is 183 g/mol. The fraction of sp³-hybridized carbons (Fsp3) is 0.556. The van der Waals surface area contributed by atoms with Crippen molar-refractivity contribution in [1.82, 2.24) is 4.98 Å². The summed E-state index contributed by atoms with van der Waals surface area (Å²) in [6.45, 7) is 6.12. The van der Waals surface area contributed by atoms with E-state index in [2.05, 4.69) is 4.98 Å². The van der Waals surface area contributed by atoms with Crippen LogP contribution in [0.25, 0.3) is 0 Å². The van der Waals surface area contributed by atoms with Gasteiger partial charge in [-0.15, -0.1) is 0 Å². The van der Waals surface area contributed by atoms with Crippen LogP contribution in [0.4, 0.5) is 0 Å². The van der Waals surface area contributed by atoms with Crippen molar-refractivity contribution in [3.05, 3.63) is 17.8 Å². The summed E-state index contributed by atoms with van der Waals surface area (Å²) in [7, 11) is 0. The van der Waals surface area contributed by atoms with E-state index in [1.807, 2.05) is 20.8 Å². The number of carboxylic acids is 1. The summed E-state index contributed by atoms with van der Waals surface area (Å²) < 4.78 is 5.01. The number of carbonyl (C=O) groups is 1. The van der Waals surface area contributed by atoms with Crippen LogP contribution in [0.2, 0.25) is 0 Å². The Morgan fingerprint density at radius 2 is 2.23 bits per heavy atom. The zero-order valence-corrected chi connectivity index (χ0v) is 8.00. The fourth-order valence-corrected chi connectivity index (χ4v) is 0.944. The van der Waals surface area contributed by atoms with Crippen LogP contribution in [-0.2, 0) is 6.42 Å². The number of aromatic carboxylic acids is 1. The zero-order chi connectivity index (χ0) is 10.1. The molecule has 0 aliphatic carbocycles. The second kappa shape index (κ2) is 3.20. The highest BCUT2D eigenvalue weighted by atomic mass is 16.4. The summed E-state index contributed by atoms with van der Waals surface area (Å²) in [5.74, 6) is -0.575. The summed E-state index contributed by atoms with van der Waals surface area (Å²) in [5, 5.41) is 8.57. The van der Waals surface area contributed by atoms with Gasteiger partial charge >= 0.3 is 5.97 Å². The molecule has 0 atom stereocenters. The van der Waals surface area contributed by atoms with Gasteiger partial charge in [0, 0.05) is 6.42 Å². The fourth-order valence-electron chi connectivity index (χ4n) is 0.944. The second-order valence-corrected chi connectivity index (χ2v) is 4.17. The molecule has 0 radical (unpaired) electrons. The molecule has 0 bridgehead atoms. The van der Waals surface area contributed by atoms with E-state index in [0.29, 0.717) is 12.3 Å². The molecule has 1 N–H and O–H groups in total. The summed E-state index contributed by atoms with van der Waals surface area (Å²) in [6.07, 6.45) is 1.81. The third-order valence-corrected chi connectivity index (χ3v) is 1.45. The lowest BCUT2D eigenvalue weighted by atomic mass is 9.92. The van der Waals surface area contributed by atoms with E-state index in [0.717, 1.165) is 0 Å². The topological polar surface area (TPSA) is 63.3 Å². The maximum atomic E-state index is 10.5. The zero-order valence-electron chi connectivity index (χ0n) is 8.00. The Bertz CT molecular complexity index is 309. The Balaban J connectivity index is 2.75. The van der Waals surface area contributed by atoms with E-state index in [9.17, 15) is 4.79 Å². The third kappa shape index (κ3) is 2.89. The molecule has 0 saturated carbocycles.